The molecule has 4 heteroatoms. The lowest BCUT2D eigenvalue weighted by Gasteiger charge is -2.20. The molecule has 1 aromatic rings. The van der Waals surface area contributed by atoms with Crippen LogP contribution in [0.4, 0.5) is 0 Å². The molecule has 3 unspecified atom stereocenters. The first-order chi connectivity index (χ1) is 7.65. The number of nitrogens with zero attached hydrogens (tertiary/aromatic N) is 2. The first-order valence-electron chi connectivity index (χ1n) is 5.84. The molecule has 16 heavy (non-hydrogen) atoms. The van der Waals surface area contributed by atoms with Crippen LogP contribution in [0.1, 0.15) is 43.1 Å². The molecule has 0 amide bonds. The van der Waals surface area contributed by atoms with Crippen molar-refractivity contribution in [1.29, 1.82) is 0 Å². The van der Waals surface area contributed by atoms with Crippen LogP contribution in [0.5, 0.6) is 0 Å². The average Bonchev–Trinajstić information content (AvgIpc) is 2.86. The predicted octanol–water partition coefficient (Wildman–Crippen LogP) is 4.10. The maximum absolute atomic E-state index is 6.10. The highest BCUT2D eigenvalue weighted by Gasteiger charge is 2.41. The summed E-state index contributed by atoms with van der Waals surface area (Å²) in [5, 5.41) is 0.560. The zero-order chi connectivity index (χ0) is 11.3. The van der Waals surface area contributed by atoms with Crippen molar-refractivity contribution in [3.63, 3.8) is 0 Å². The van der Waals surface area contributed by atoms with Crippen LogP contribution in [-0.4, -0.2) is 9.97 Å². The average molecular weight is 302 g/mol. The summed E-state index contributed by atoms with van der Waals surface area (Å²) in [6, 6.07) is 0. The van der Waals surface area contributed by atoms with Gasteiger partial charge in [0, 0.05) is 5.92 Å². The van der Waals surface area contributed by atoms with Gasteiger partial charge in [0.2, 0.25) is 0 Å². The van der Waals surface area contributed by atoms with E-state index < -0.39 is 0 Å². The molecule has 0 radical (unpaired) electrons. The molecule has 2 fully saturated rings. The summed E-state index contributed by atoms with van der Waals surface area (Å²) in [5.41, 5.74) is 0.956. The van der Waals surface area contributed by atoms with Gasteiger partial charge in [-0.05, 0) is 54.0 Å². The maximum Gasteiger partial charge on any atom is 0.147 e. The second-order valence-electron chi connectivity index (χ2n) is 5.05. The van der Waals surface area contributed by atoms with Crippen molar-refractivity contribution in [2.24, 2.45) is 11.8 Å². The summed E-state index contributed by atoms with van der Waals surface area (Å²) in [7, 11) is 0. The van der Waals surface area contributed by atoms with E-state index in [0.29, 0.717) is 11.1 Å². The van der Waals surface area contributed by atoms with Gasteiger partial charge in [0.15, 0.2) is 0 Å². The van der Waals surface area contributed by atoms with Gasteiger partial charge in [0.05, 0.1) is 10.2 Å². The molecule has 2 saturated carbocycles. The Morgan fingerprint density at radius 2 is 2.06 bits per heavy atom. The molecule has 0 spiro atoms. The first-order valence-corrected chi connectivity index (χ1v) is 7.01. The topological polar surface area (TPSA) is 25.8 Å². The van der Waals surface area contributed by atoms with E-state index in [1.54, 1.807) is 0 Å². The Kier molecular flexibility index (Phi) is 2.71. The van der Waals surface area contributed by atoms with E-state index in [1.165, 1.54) is 25.7 Å². The number of hydrogen-bond acceptors (Lipinski definition) is 2. The second-order valence-corrected chi connectivity index (χ2v) is 6.20. The van der Waals surface area contributed by atoms with Crippen LogP contribution in [0.3, 0.4) is 0 Å². The van der Waals surface area contributed by atoms with Crippen molar-refractivity contribution < 1.29 is 0 Å². The van der Waals surface area contributed by atoms with E-state index >= 15 is 0 Å². The Bertz CT molecular complexity index is 412. The molecule has 2 aliphatic carbocycles. The van der Waals surface area contributed by atoms with Crippen LogP contribution >= 0.6 is 27.5 Å². The molecule has 86 valence electrons. The van der Waals surface area contributed by atoms with Crippen LogP contribution in [0, 0.1) is 18.8 Å². The van der Waals surface area contributed by atoms with Gasteiger partial charge in [-0.25, -0.2) is 9.97 Å². The van der Waals surface area contributed by atoms with E-state index in [4.69, 9.17) is 11.6 Å². The van der Waals surface area contributed by atoms with Crippen molar-refractivity contribution in [1.82, 2.24) is 9.97 Å². The van der Waals surface area contributed by atoms with Crippen molar-refractivity contribution in [2.75, 3.05) is 0 Å². The third-order valence-corrected chi connectivity index (χ3v) is 5.51. The van der Waals surface area contributed by atoms with E-state index in [2.05, 4.69) is 25.9 Å². The Hall–Kier alpha value is -0.150. The smallest absolute Gasteiger partial charge is 0.147 e. The molecule has 0 N–H and O–H groups in total. The Balaban J connectivity index is 1.95. The van der Waals surface area contributed by atoms with Crippen LogP contribution in [0.25, 0.3) is 0 Å². The number of aromatic nitrogens is 2. The van der Waals surface area contributed by atoms with Crippen molar-refractivity contribution >= 4 is 27.5 Å². The highest BCUT2D eigenvalue weighted by atomic mass is 79.9. The van der Waals surface area contributed by atoms with Gasteiger partial charge in [-0.3, -0.25) is 0 Å². The number of rotatable bonds is 1. The predicted molar refractivity (Wildman–Crippen MR) is 67.7 cm³/mol. The molecule has 0 aromatic carbocycles. The Labute approximate surface area is 109 Å². The molecule has 1 aromatic heterocycles. The van der Waals surface area contributed by atoms with Crippen molar-refractivity contribution in [3.05, 3.63) is 21.1 Å². The molecule has 1 heterocycles. The second kappa shape index (κ2) is 3.95. The summed E-state index contributed by atoms with van der Waals surface area (Å²) in [4.78, 5) is 9.03. The summed E-state index contributed by atoms with van der Waals surface area (Å²) < 4.78 is 0.834. The fraction of sp³-hybridized carbons (Fsp3) is 0.667. The quantitative estimate of drug-likeness (QED) is 0.730. The molecule has 2 aliphatic rings. The van der Waals surface area contributed by atoms with Gasteiger partial charge in [-0.2, -0.15) is 0 Å². The monoisotopic (exact) mass is 300 g/mol. The molecule has 2 nitrogen and oxygen atoms in total. The number of hydrogen-bond donors (Lipinski definition) is 0. The SMILES string of the molecule is Cc1nc(C2CC3CCC2C3)nc(Cl)c1Br. The normalized spacial score (nSPS) is 32.3. The molecular weight excluding hydrogens is 288 g/mol. The van der Waals surface area contributed by atoms with Crippen LogP contribution < -0.4 is 0 Å². The van der Waals surface area contributed by atoms with Gasteiger partial charge in [-0.1, -0.05) is 18.0 Å². The zero-order valence-corrected chi connectivity index (χ0v) is 11.6. The standard InChI is InChI=1S/C12H14BrClN2/c1-6-10(13)11(14)16-12(15-6)9-5-7-2-3-8(9)4-7/h7-9H,2-5H2,1H3. The van der Waals surface area contributed by atoms with Crippen molar-refractivity contribution in [3.8, 4) is 0 Å². The maximum atomic E-state index is 6.10. The summed E-state index contributed by atoms with van der Waals surface area (Å²) in [6.45, 7) is 1.98. The van der Waals surface area contributed by atoms with Gasteiger partial charge < -0.3 is 0 Å². The van der Waals surface area contributed by atoms with Gasteiger partial charge >= 0.3 is 0 Å². The summed E-state index contributed by atoms with van der Waals surface area (Å²) in [5.74, 6) is 3.25. The van der Waals surface area contributed by atoms with E-state index in [-0.39, 0.29) is 0 Å². The zero-order valence-electron chi connectivity index (χ0n) is 9.21. The first kappa shape index (κ1) is 11.0. The van der Waals surface area contributed by atoms with Crippen molar-refractivity contribution in [2.45, 2.75) is 38.5 Å². The van der Waals surface area contributed by atoms with E-state index in [1.807, 2.05) is 6.92 Å². The van der Waals surface area contributed by atoms with E-state index in [0.717, 1.165) is 27.8 Å². The fourth-order valence-electron chi connectivity index (χ4n) is 3.27. The lowest BCUT2D eigenvalue weighted by Crippen LogP contribution is -2.13. The minimum absolute atomic E-state index is 0.558. The molecule has 3 atom stereocenters. The summed E-state index contributed by atoms with van der Waals surface area (Å²) in [6.07, 6.45) is 5.40. The minimum Gasteiger partial charge on any atom is -0.237 e. The Morgan fingerprint density at radius 1 is 1.25 bits per heavy atom. The third kappa shape index (κ3) is 1.68. The van der Waals surface area contributed by atoms with Crippen LogP contribution in [-0.2, 0) is 0 Å². The molecule has 0 saturated heterocycles. The minimum atomic E-state index is 0.558. The fourth-order valence-corrected chi connectivity index (χ4v) is 3.67. The largest absolute Gasteiger partial charge is 0.237 e. The van der Waals surface area contributed by atoms with Gasteiger partial charge in [0.25, 0.3) is 0 Å². The van der Waals surface area contributed by atoms with E-state index in [9.17, 15) is 0 Å². The number of fused-ring (bicyclic) bond motifs is 2. The van der Waals surface area contributed by atoms with Crippen LogP contribution in [0.15, 0.2) is 4.47 Å². The number of aryl methyl sites for hydroxylation is 1. The lowest BCUT2D eigenvalue weighted by molar-refractivity contribution is 0.404. The summed E-state index contributed by atoms with van der Waals surface area (Å²) >= 11 is 9.51. The lowest BCUT2D eigenvalue weighted by atomic mass is 9.88. The third-order valence-electron chi connectivity index (χ3n) is 4.06. The highest BCUT2D eigenvalue weighted by Crippen LogP contribution is 2.52. The molecular formula is C12H14BrClN2. The van der Waals surface area contributed by atoms with Crippen LogP contribution in [0.2, 0.25) is 5.15 Å². The Morgan fingerprint density at radius 3 is 2.62 bits per heavy atom. The molecule has 2 bridgehead atoms. The molecule has 0 aliphatic heterocycles. The highest BCUT2D eigenvalue weighted by molar-refractivity contribution is 9.10. The number of halogens is 2. The molecule has 3 rings (SSSR count). The van der Waals surface area contributed by atoms with Gasteiger partial charge in [0.1, 0.15) is 11.0 Å². The van der Waals surface area contributed by atoms with Gasteiger partial charge in [-0.15, -0.1) is 0 Å².